The lowest BCUT2D eigenvalue weighted by Crippen LogP contribution is -2.10. The maximum absolute atomic E-state index is 3.31. The molecule has 0 amide bonds. The van der Waals surface area contributed by atoms with Crippen molar-refractivity contribution in [2.45, 2.75) is 40.0 Å². The first-order valence-electron chi connectivity index (χ1n) is 6.48. The number of rotatable bonds is 1. The Morgan fingerprint density at radius 1 is 0.944 bits per heavy atom. The average molecular weight is 237 g/mol. The van der Waals surface area contributed by atoms with Gasteiger partial charge in [0.25, 0.3) is 0 Å². The molecule has 0 saturated heterocycles. The summed E-state index contributed by atoms with van der Waals surface area (Å²) < 4.78 is 0. The van der Waals surface area contributed by atoms with E-state index in [1.807, 2.05) is 6.07 Å². The lowest BCUT2D eigenvalue weighted by molar-refractivity contribution is 0.590. The van der Waals surface area contributed by atoms with E-state index in [0.29, 0.717) is 0 Å². The highest BCUT2D eigenvalue weighted by Gasteiger charge is 2.13. The first kappa shape index (κ1) is 12.9. The van der Waals surface area contributed by atoms with E-state index in [0.717, 1.165) is 0 Å². The highest BCUT2D eigenvalue weighted by Crippen LogP contribution is 2.28. The van der Waals surface area contributed by atoms with E-state index >= 15 is 0 Å². The van der Waals surface area contributed by atoms with Crippen LogP contribution in [0.1, 0.15) is 37.5 Å². The Kier molecular flexibility index (Phi) is 3.30. The fourth-order valence-electron chi connectivity index (χ4n) is 2.13. The van der Waals surface area contributed by atoms with E-state index in [4.69, 9.17) is 0 Å². The van der Waals surface area contributed by atoms with Crippen molar-refractivity contribution >= 4 is 0 Å². The molecular formula is C18H21. The number of hydrogen-bond acceptors (Lipinski definition) is 0. The Balaban J connectivity index is 2.43. The predicted molar refractivity (Wildman–Crippen MR) is 78.9 cm³/mol. The van der Waals surface area contributed by atoms with E-state index in [1.54, 1.807) is 0 Å². The summed E-state index contributed by atoms with van der Waals surface area (Å²) >= 11 is 0. The molecule has 0 N–H and O–H groups in total. The minimum Gasteiger partial charge on any atom is -0.0579 e. The van der Waals surface area contributed by atoms with Gasteiger partial charge in [-0.25, -0.2) is 0 Å². The summed E-state index contributed by atoms with van der Waals surface area (Å²) in [7, 11) is 0. The molecule has 93 valence electrons. The molecule has 0 aromatic heterocycles. The molecular weight excluding hydrogens is 216 g/mol. The van der Waals surface area contributed by atoms with E-state index in [9.17, 15) is 0 Å². The van der Waals surface area contributed by atoms with Crippen molar-refractivity contribution in [2.75, 3.05) is 0 Å². The molecule has 0 aliphatic heterocycles. The topological polar surface area (TPSA) is 0 Å². The second-order valence-corrected chi connectivity index (χ2v) is 6.04. The second kappa shape index (κ2) is 4.61. The van der Waals surface area contributed by atoms with Gasteiger partial charge in [-0.05, 0) is 53.1 Å². The molecule has 0 aliphatic rings. The normalized spacial score (nSPS) is 11.6. The zero-order chi connectivity index (χ0) is 13.3. The van der Waals surface area contributed by atoms with Crippen molar-refractivity contribution in [2.24, 2.45) is 0 Å². The van der Waals surface area contributed by atoms with Crippen molar-refractivity contribution in [1.29, 1.82) is 0 Å². The van der Waals surface area contributed by atoms with Crippen LogP contribution in [0.5, 0.6) is 0 Å². The molecule has 0 nitrogen and oxygen atoms in total. The van der Waals surface area contributed by atoms with Gasteiger partial charge in [-0.1, -0.05) is 57.2 Å². The lowest BCUT2D eigenvalue weighted by atomic mass is 9.86. The summed E-state index contributed by atoms with van der Waals surface area (Å²) in [5.74, 6) is 0. The Hall–Kier alpha value is -1.56. The van der Waals surface area contributed by atoms with E-state index in [-0.39, 0.29) is 5.41 Å². The number of aryl methyl sites for hydroxylation is 2. The van der Waals surface area contributed by atoms with Crippen molar-refractivity contribution < 1.29 is 0 Å². The number of benzene rings is 2. The van der Waals surface area contributed by atoms with Crippen molar-refractivity contribution in [3.63, 3.8) is 0 Å². The van der Waals surface area contributed by atoms with Crippen LogP contribution in [-0.2, 0) is 5.41 Å². The van der Waals surface area contributed by atoms with Crippen LogP contribution in [0.2, 0.25) is 0 Å². The molecule has 18 heavy (non-hydrogen) atoms. The summed E-state index contributed by atoms with van der Waals surface area (Å²) in [4.78, 5) is 0. The zero-order valence-electron chi connectivity index (χ0n) is 12.0. The van der Waals surface area contributed by atoms with Gasteiger partial charge in [0.2, 0.25) is 0 Å². The van der Waals surface area contributed by atoms with Crippen LogP contribution in [0.4, 0.5) is 0 Å². The molecule has 0 unspecified atom stereocenters. The fourth-order valence-corrected chi connectivity index (χ4v) is 2.13. The average Bonchev–Trinajstić information content (AvgIpc) is 2.31. The first-order chi connectivity index (χ1) is 8.38. The third kappa shape index (κ3) is 2.64. The molecule has 0 heterocycles. The van der Waals surface area contributed by atoms with Gasteiger partial charge in [0.1, 0.15) is 0 Å². The van der Waals surface area contributed by atoms with Crippen LogP contribution in [0, 0.1) is 19.9 Å². The Bertz CT molecular complexity index is 539. The summed E-state index contributed by atoms with van der Waals surface area (Å²) in [6.45, 7) is 11.0. The van der Waals surface area contributed by atoms with Gasteiger partial charge in [0.15, 0.2) is 0 Å². The van der Waals surface area contributed by atoms with Gasteiger partial charge in [-0.15, -0.1) is 0 Å². The molecule has 0 fully saturated rings. The van der Waals surface area contributed by atoms with E-state index < -0.39 is 0 Å². The molecule has 0 saturated carbocycles. The molecule has 0 heteroatoms. The standard InChI is InChI=1S/C18H21/c1-13-6-7-14(2)17(12-13)15-8-10-16(11-9-15)18(3,4)5/h6,8-12H,1-5H3. The van der Waals surface area contributed by atoms with Crippen LogP contribution in [-0.4, -0.2) is 0 Å². The zero-order valence-corrected chi connectivity index (χ0v) is 12.0. The van der Waals surface area contributed by atoms with Gasteiger partial charge in [-0.2, -0.15) is 0 Å². The summed E-state index contributed by atoms with van der Waals surface area (Å²) in [6, 6.07) is 16.5. The van der Waals surface area contributed by atoms with Crippen LogP contribution in [0.3, 0.4) is 0 Å². The second-order valence-electron chi connectivity index (χ2n) is 6.04. The van der Waals surface area contributed by atoms with E-state index in [2.05, 4.69) is 71.0 Å². The third-order valence-electron chi connectivity index (χ3n) is 3.35. The summed E-state index contributed by atoms with van der Waals surface area (Å²) in [5.41, 5.74) is 6.63. The van der Waals surface area contributed by atoms with Gasteiger partial charge in [0.05, 0.1) is 0 Å². The summed E-state index contributed by atoms with van der Waals surface area (Å²) in [6.07, 6.45) is 0. The summed E-state index contributed by atoms with van der Waals surface area (Å²) in [5, 5.41) is 0. The molecule has 0 aliphatic carbocycles. The van der Waals surface area contributed by atoms with Crippen LogP contribution in [0.25, 0.3) is 11.1 Å². The fraction of sp³-hybridized carbons (Fsp3) is 0.333. The van der Waals surface area contributed by atoms with Gasteiger partial charge in [0, 0.05) is 0 Å². The predicted octanol–water partition coefficient (Wildman–Crippen LogP) is 5.07. The monoisotopic (exact) mass is 237 g/mol. The van der Waals surface area contributed by atoms with E-state index in [1.165, 1.54) is 27.8 Å². The minimum atomic E-state index is 0.215. The van der Waals surface area contributed by atoms with Crippen LogP contribution >= 0.6 is 0 Å². The molecule has 0 spiro atoms. The lowest BCUT2D eigenvalue weighted by Gasteiger charge is -2.19. The largest absolute Gasteiger partial charge is 0.0579 e. The van der Waals surface area contributed by atoms with Crippen molar-refractivity contribution in [3.8, 4) is 11.1 Å². The first-order valence-corrected chi connectivity index (χ1v) is 6.48. The third-order valence-corrected chi connectivity index (χ3v) is 3.35. The Morgan fingerprint density at radius 2 is 1.56 bits per heavy atom. The van der Waals surface area contributed by atoms with Crippen molar-refractivity contribution in [3.05, 3.63) is 59.2 Å². The highest BCUT2D eigenvalue weighted by molar-refractivity contribution is 5.68. The highest BCUT2D eigenvalue weighted by atomic mass is 14.2. The molecule has 0 bridgehead atoms. The molecule has 1 radical (unpaired) electrons. The van der Waals surface area contributed by atoms with Crippen LogP contribution < -0.4 is 0 Å². The minimum absolute atomic E-state index is 0.215. The van der Waals surface area contributed by atoms with Gasteiger partial charge >= 0.3 is 0 Å². The molecule has 2 aromatic rings. The number of hydrogen-bond donors (Lipinski definition) is 0. The molecule has 0 atom stereocenters. The maximum atomic E-state index is 3.31. The van der Waals surface area contributed by atoms with Crippen molar-refractivity contribution in [1.82, 2.24) is 0 Å². The van der Waals surface area contributed by atoms with Gasteiger partial charge < -0.3 is 0 Å². The molecule has 2 rings (SSSR count). The van der Waals surface area contributed by atoms with Crippen LogP contribution in [0.15, 0.2) is 36.4 Å². The molecule has 2 aromatic carbocycles. The van der Waals surface area contributed by atoms with Gasteiger partial charge in [-0.3, -0.25) is 0 Å². The Labute approximate surface area is 111 Å². The maximum Gasteiger partial charge on any atom is -0.0132 e. The smallest absolute Gasteiger partial charge is 0.0132 e. The quantitative estimate of drug-likeness (QED) is 0.649. The SMILES string of the molecule is Cc1c[c]c(C)c(-c2ccc(C(C)(C)C)cc2)c1. The Morgan fingerprint density at radius 3 is 2.11 bits per heavy atom.